The van der Waals surface area contributed by atoms with Crippen molar-refractivity contribution >= 4 is 43.9 Å². The lowest BCUT2D eigenvalue weighted by atomic mass is 9.94. The number of Topliss-reactive ketones (excluding diaryl/α,β-unsaturated/α-hetero) is 1. The van der Waals surface area contributed by atoms with Gasteiger partial charge in [0.2, 0.25) is 0 Å². The molecule has 0 unspecified atom stereocenters. The highest BCUT2D eigenvalue weighted by Crippen LogP contribution is 2.43. The molecule has 3 aliphatic rings. The van der Waals surface area contributed by atoms with Crippen LogP contribution in [0.3, 0.4) is 0 Å². The van der Waals surface area contributed by atoms with E-state index in [0.717, 1.165) is 21.0 Å². The van der Waals surface area contributed by atoms with Crippen LogP contribution in [0.1, 0.15) is 83.9 Å². The first-order valence-corrected chi connectivity index (χ1v) is 30.9. The van der Waals surface area contributed by atoms with Gasteiger partial charge in [0.15, 0.2) is 51.6 Å². The molecular formula is C60H79N3O21Si. The zero-order chi connectivity index (χ0) is 61.8. The quantitative estimate of drug-likeness (QED) is 0.00973. The minimum Gasteiger partial charge on any atom is -0.479 e. The second kappa shape index (κ2) is 32.3. The Morgan fingerprint density at radius 1 is 0.659 bits per heavy atom. The smallest absolute Gasteiger partial charge is 0.337 e. The number of carboxylic acid groups (broad SMARTS) is 1. The Balaban J connectivity index is 1.51. The van der Waals surface area contributed by atoms with Gasteiger partial charge in [-0.1, -0.05) is 123 Å². The van der Waals surface area contributed by atoms with Gasteiger partial charge < -0.3 is 75.9 Å². The maximum absolute atomic E-state index is 14.2. The highest BCUT2D eigenvalue weighted by Gasteiger charge is 2.60. The summed E-state index contributed by atoms with van der Waals surface area (Å²) in [5.74, 6) is -5.27. The van der Waals surface area contributed by atoms with Gasteiger partial charge in [-0.15, -0.1) is 6.58 Å². The van der Waals surface area contributed by atoms with Gasteiger partial charge in [-0.25, -0.2) is 9.59 Å². The number of allylic oxidation sites excluding steroid dienone is 1. The van der Waals surface area contributed by atoms with E-state index >= 15 is 0 Å². The number of aliphatic carboxylic acids is 1. The molecule has 25 heteroatoms. The van der Waals surface area contributed by atoms with Crippen molar-refractivity contribution in [1.82, 2.24) is 0 Å². The Kier molecular flexibility index (Phi) is 25.7. The van der Waals surface area contributed by atoms with Gasteiger partial charge >= 0.3 is 29.8 Å². The molecule has 464 valence electrons. The van der Waals surface area contributed by atoms with E-state index in [1.165, 1.54) is 6.92 Å². The molecule has 0 saturated carbocycles. The zero-order valence-corrected chi connectivity index (χ0v) is 50.4. The standard InChI is InChI=1S/C60H79N3O21Si/c1-11-12-22-31-72-58-53(79-43(67)30-29-36(2)64)47(75-33-40-25-18-14-19-26-40)49(51(82-58)55(68)69)81-57-44(62-63-61)46(74-32-39-23-16-13-17-24-39)45(42(78-57)35-73-37(3)65)80-59-54(77-38(4)66)48(76-34-41-27-20-15-21-28-41)50(52(83-59)56(70)71-8)84-85(9,10)60(5,6)7/h11,13-21,23-28,42,44-54,57-59H,1,12,22,29-35H2,2-10H3,(H,68,69)/t42-,44-,45-,46-,47+,48+,49+,50+,51+,52-,53-,54-,57-,58-,59-/m1/s1. The molecule has 3 aromatic rings. The molecule has 85 heavy (non-hydrogen) atoms. The number of benzene rings is 3. The third-order valence-electron chi connectivity index (χ3n) is 14.7. The van der Waals surface area contributed by atoms with Crippen LogP contribution in [-0.4, -0.2) is 161 Å². The molecule has 3 aliphatic heterocycles. The summed E-state index contributed by atoms with van der Waals surface area (Å²) >= 11 is 0. The van der Waals surface area contributed by atoms with Crippen LogP contribution in [0, 0.1) is 0 Å². The average molecular weight is 1210 g/mol. The van der Waals surface area contributed by atoms with Crippen molar-refractivity contribution in [2.75, 3.05) is 20.3 Å². The van der Waals surface area contributed by atoms with Gasteiger partial charge in [0, 0.05) is 25.2 Å². The minimum absolute atomic E-state index is 0.0145. The van der Waals surface area contributed by atoms with E-state index in [0.29, 0.717) is 29.5 Å². The van der Waals surface area contributed by atoms with Crippen LogP contribution >= 0.6 is 0 Å². The molecule has 3 heterocycles. The summed E-state index contributed by atoms with van der Waals surface area (Å²) in [5, 5.41) is 14.8. The monoisotopic (exact) mass is 1210 g/mol. The summed E-state index contributed by atoms with van der Waals surface area (Å²) in [6, 6.07) is 24.9. The highest BCUT2D eigenvalue weighted by molar-refractivity contribution is 6.74. The van der Waals surface area contributed by atoms with E-state index in [4.69, 9.17) is 66.0 Å². The number of esters is 4. The Morgan fingerprint density at radius 2 is 1.19 bits per heavy atom. The van der Waals surface area contributed by atoms with E-state index in [1.54, 1.807) is 66.7 Å². The number of hydrogen-bond donors (Lipinski definition) is 1. The molecule has 3 fully saturated rings. The van der Waals surface area contributed by atoms with E-state index in [9.17, 15) is 39.4 Å². The lowest BCUT2D eigenvalue weighted by Crippen LogP contribution is -2.69. The summed E-state index contributed by atoms with van der Waals surface area (Å²) in [7, 11) is -1.72. The van der Waals surface area contributed by atoms with Crippen molar-refractivity contribution in [2.45, 2.75) is 197 Å². The van der Waals surface area contributed by atoms with Crippen molar-refractivity contribution in [3.05, 3.63) is 131 Å². The van der Waals surface area contributed by atoms with Crippen LogP contribution in [0.4, 0.5) is 0 Å². The van der Waals surface area contributed by atoms with Crippen LogP contribution in [0.2, 0.25) is 18.1 Å². The predicted molar refractivity (Wildman–Crippen MR) is 303 cm³/mol. The number of carboxylic acids is 1. The van der Waals surface area contributed by atoms with E-state index in [2.05, 4.69) is 16.6 Å². The summed E-state index contributed by atoms with van der Waals surface area (Å²) in [6.45, 7) is 16.1. The van der Waals surface area contributed by atoms with Crippen molar-refractivity contribution < 1.29 is 99.9 Å². The fraction of sp³-hybridized carbons (Fsp3) is 0.567. The number of ketones is 1. The first kappa shape index (κ1) is 67.7. The molecule has 0 aromatic heterocycles. The maximum Gasteiger partial charge on any atom is 0.337 e. The molecule has 1 N–H and O–H groups in total. The van der Waals surface area contributed by atoms with Crippen LogP contribution in [0.15, 0.2) is 109 Å². The molecule has 0 bridgehead atoms. The summed E-state index contributed by atoms with van der Waals surface area (Å²) in [6.07, 6.45) is -20.8. The summed E-state index contributed by atoms with van der Waals surface area (Å²) in [5.41, 5.74) is 12.4. The Bertz CT molecular complexity index is 2710. The molecule has 3 saturated heterocycles. The maximum atomic E-state index is 14.2. The number of unbranched alkanes of at least 4 members (excludes halogenated alkanes) is 1. The van der Waals surface area contributed by atoms with Gasteiger partial charge in [-0.05, 0) is 60.1 Å². The fourth-order valence-corrected chi connectivity index (χ4v) is 10.7. The molecule has 0 amide bonds. The second-order valence-corrected chi connectivity index (χ2v) is 26.9. The summed E-state index contributed by atoms with van der Waals surface area (Å²) in [4.78, 5) is 82.9. The topological polar surface area (TPSA) is 301 Å². The highest BCUT2D eigenvalue weighted by atomic mass is 28.4. The number of ether oxygens (including phenoxy) is 13. The van der Waals surface area contributed by atoms with Gasteiger partial charge in [0.1, 0.15) is 61.2 Å². The molecule has 6 rings (SSSR count). The first-order chi connectivity index (χ1) is 40.5. The number of nitrogens with zero attached hydrogens (tertiary/aromatic N) is 3. The third kappa shape index (κ3) is 19.3. The second-order valence-electron chi connectivity index (χ2n) is 22.1. The third-order valence-corrected chi connectivity index (χ3v) is 19.2. The summed E-state index contributed by atoms with van der Waals surface area (Å²) < 4.78 is 89.2. The predicted octanol–water partition coefficient (Wildman–Crippen LogP) is 7.77. The number of carbonyl (C=O) groups excluding carboxylic acids is 5. The SMILES string of the molecule is C=CCCCO[C@@H]1O[C@H](C(=O)O)[C@@H](O[C@H]2O[C@H](COC(C)=O)[C@@H](O[C@@H]3O[C@@H](C(=O)OC)[C@@H](O[Si](C)(C)C(C)(C)C)[C@H](OCc4ccccc4)[C@H]3OC(C)=O)[C@H](OCc3ccccc3)[C@H]2N=[N+]=[N-])[C@H](OCc2ccccc2)[C@H]1OC(=O)CCC(C)=O. The van der Waals surface area contributed by atoms with E-state index in [1.807, 2.05) is 64.2 Å². The molecule has 0 aliphatic carbocycles. The number of rotatable bonds is 30. The lowest BCUT2D eigenvalue weighted by Gasteiger charge is -2.51. The Hall–Kier alpha value is -6.45. The Labute approximate surface area is 495 Å². The van der Waals surface area contributed by atoms with Crippen LogP contribution in [-0.2, 0) is 115 Å². The normalized spacial score (nSPS) is 27.8. The van der Waals surface area contributed by atoms with E-state index in [-0.39, 0.29) is 45.1 Å². The fourth-order valence-electron chi connectivity index (χ4n) is 9.39. The van der Waals surface area contributed by atoms with Crippen molar-refractivity contribution in [3.8, 4) is 0 Å². The minimum atomic E-state index is -2.88. The van der Waals surface area contributed by atoms with Gasteiger partial charge in [-0.2, -0.15) is 0 Å². The zero-order valence-electron chi connectivity index (χ0n) is 49.4. The van der Waals surface area contributed by atoms with Gasteiger partial charge in [0.05, 0.1) is 40.0 Å². The molecule has 15 atom stereocenters. The van der Waals surface area contributed by atoms with Crippen LogP contribution < -0.4 is 0 Å². The lowest BCUT2D eigenvalue weighted by molar-refractivity contribution is -0.367. The van der Waals surface area contributed by atoms with Crippen molar-refractivity contribution in [1.29, 1.82) is 0 Å². The molecule has 0 radical (unpaired) electrons. The largest absolute Gasteiger partial charge is 0.479 e. The van der Waals surface area contributed by atoms with Crippen LogP contribution in [0.25, 0.3) is 10.4 Å². The average Bonchev–Trinajstić information content (AvgIpc) is 1.37. The van der Waals surface area contributed by atoms with Gasteiger partial charge in [0.25, 0.3) is 0 Å². The molecule has 24 nitrogen and oxygen atoms in total. The molecule has 3 aromatic carbocycles. The molecular weight excluding hydrogens is 1130 g/mol. The Morgan fingerprint density at radius 3 is 1.68 bits per heavy atom. The van der Waals surface area contributed by atoms with Gasteiger partial charge in [-0.3, -0.25) is 14.4 Å². The number of carbonyl (C=O) groups is 6. The molecule has 0 spiro atoms. The first-order valence-electron chi connectivity index (χ1n) is 28.0. The number of hydrogen-bond acceptors (Lipinski definition) is 21. The van der Waals surface area contributed by atoms with Crippen molar-refractivity contribution in [2.24, 2.45) is 5.11 Å². The number of methoxy groups -OCH3 is 1. The van der Waals surface area contributed by atoms with Crippen molar-refractivity contribution in [3.63, 3.8) is 0 Å². The van der Waals surface area contributed by atoms with E-state index < -0.39 is 142 Å². The van der Waals surface area contributed by atoms with Crippen LogP contribution in [0.5, 0.6) is 0 Å². The number of azide groups is 1.